The summed E-state index contributed by atoms with van der Waals surface area (Å²) in [5.74, 6) is -0.410. The molecule has 0 aliphatic rings. The van der Waals surface area contributed by atoms with Crippen molar-refractivity contribution >= 4 is 5.78 Å². The molecule has 2 aromatic rings. The van der Waals surface area contributed by atoms with E-state index in [4.69, 9.17) is 9.84 Å². The summed E-state index contributed by atoms with van der Waals surface area (Å²) in [5.41, 5.74) is 0.859. The lowest BCUT2D eigenvalue weighted by Crippen LogP contribution is -1.97. The standard InChI is InChI=1S/C15H13FO3/c1-10(18)11-6-7-15(13(16)8-11)19-14-5-3-2-4-12(14)9-17/h2-8,17H,9H2,1H3. The number of para-hydroxylation sites is 1. The van der Waals surface area contributed by atoms with Gasteiger partial charge < -0.3 is 9.84 Å². The molecule has 0 saturated heterocycles. The van der Waals surface area contributed by atoms with E-state index < -0.39 is 5.82 Å². The van der Waals surface area contributed by atoms with E-state index in [9.17, 15) is 9.18 Å². The van der Waals surface area contributed by atoms with Crippen LogP contribution in [-0.2, 0) is 6.61 Å². The van der Waals surface area contributed by atoms with Crippen molar-refractivity contribution in [3.05, 3.63) is 59.4 Å². The van der Waals surface area contributed by atoms with Crippen molar-refractivity contribution in [2.75, 3.05) is 0 Å². The van der Waals surface area contributed by atoms with E-state index in [1.807, 2.05) is 0 Å². The molecule has 0 saturated carbocycles. The molecule has 0 atom stereocenters. The molecule has 0 spiro atoms. The van der Waals surface area contributed by atoms with Crippen LogP contribution in [0.2, 0.25) is 0 Å². The molecular weight excluding hydrogens is 247 g/mol. The van der Waals surface area contributed by atoms with Crippen LogP contribution in [-0.4, -0.2) is 10.9 Å². The van der Waals surface area contributed by atoms with Gasteiger partial charge in [-0.05, 0) is 31.2 Å². The van der Waals surface area contributed by atoms with Crippen LogP contribution in [0.4, 0.5) is 4.39 Å². The average molecular weight is 260 g/mol. The van der Waals surface area contributed by atoms with Gasteiger partial charge in [0, 0.05) is 11.1 Å². The highest BCUT2D eigenvalue weighted by atomic mass is 19.1. The van der Waals surface area contributed by atoms with Crippen molar-refractivity contribution in [1.82, 2.24) is 0 Å². The lowest BCUT2D eigenvalue weighted by Gasteiger charge is -2.10. The van der Waals surface area contributed by atoms with E-state index in [2.05, 4.69) is 0 Å². The lowest BCUT2D eigenvalue weighted by molar-refractivity contribution is 0.101. The second-order valence-electron chi connectivity index (χ2n) is 4.07. The summed E-state index contributed by atoms with van der Waals surface area (Å²) >= 11 is 0. The zero-order valence-electron chi connectivity index (χ0n) is 10.4. The number of hydrogen-bond acceptors (Lipinski definition) is 3. The van der Waals surface area contributed by atoms with E-state index in [0.717, 1.165) is 6.07 Å². The predicted octanol–water partition coefficient (Wildman–Crippen LogP) is 3.31. The first-order chi connectivity index (χ1) is 9.11. The molecule has 3 nitrogen and oxygen atoms in total. The Labute approximate surface area is 110 Å². The Hall–Kier alpha value is -2.20. The number of rotatable bonds is 4. The second kappa shape index (κ2) is 5.63. The summed E-state index contributed by atoms with van der Waals surface area (Å²) in [6.07, 6.45) is 0. The fourth-order valence-electron chi connectivity index (χ4n) is 1.66. The SMILES string of the molecule is CC(=O)c1ccc(Oc2ccccc2CO)c(F)c1. The highest BCUT2D eigenvalue weighted by molar-refractivity contribution is 5.94. The molecule has 0 aromatic heterocycles. The predicted molar refractivity (Wildman–Crippen MR) is 68.8 cm³/mol. The maximum Gasteiger partial charge on any atom is 0.166 e. The molecule has 0 unspecified atom stereocenters. The minimum Gasteiger partial charge on any atom is -0.454 e. The number of carbonyl (C=O) groups is 1. The Balaban J connectivity index is 2.31. The van der Waals surface area contributed by atoms with Gasteiger partial charge in [-0.1, -0.05) is 18.2 Å². The minimum atomic E-state index is -0.611. The Morgan fingerprint density at radius 1 is 1.21 bits per heavy atom. The summed E-state index contributed by atoms with van der Waals surface area (Å²) in [6, 6.07) is 10.9. The van der Waals surface area contributed by atoms with E-state index in [-0.39, 0.29) is 18.1 Å². The molecular formula is C15H13FO3. The van der Waals surface area contributed by atoms with Gasteiger partial charge in [0.15, 0.2) is 17.3 Å². The molecule has 2 aromatic carbocycles. The second-order valence-corrected chi connectivity index (χ2v) is 4.07. The van der Waals surface area contributed by atoms with E-state index in [1.165, 1.54) is 19.1 Å². The maximum atomic E-state index is 13.8. The first-order valence-corrected chi connectivity index (χ1v) is 5.79. The number of aliphatic hydroxyl groups excluding tert-OH is 1. The number of Topliss-reactive ketones (excluding diaryl/α,β-unsaturated/α-hetero) is 1. The van der Waals surface area contributed by atoms with E-state index in [1.54, 1.807) is 24.3 Å². The number of carbonyl (C=O) groups excluding carboxylic acids is 1. The van der Waals surface area contributed by atoms with Gasteiger partial charge in [-0.15, -0.1) is 0 Å². The van der Waals surface area contributed by atoms with Crippen molar-refractivity contribution in [2.24, 2.45) is 0 Å². The molecule has 4 heteroatoms. The summed E-state index contributed by atoms with van der Waals surface area (Å²) in [5, 5.41) is 9.16. The van der Waals surface area contributed by atoms with Gasteiger partial charge in [0.1, 0.15) is 5.75 Å². The van der Waals surface area contributed by atoms with Crippen molar-refractivity contribution in [2.45, 2.75) is 13.5 Å². The zero-order valence-corrected chi connectivity index (χ0v) is 10.4. The molecule has 0 radical (unpaired) electrons. The highest BCUT2D eigenvalue weighted by Crippen LogP contribution is 2.28. The Bertz CT molecular complexity index is 608. The van der Waals surface area contributed by atoms with Gasteiger partial charge in [-0.2, -0.15) is 0 Å². The summed E-state index contributed by atoms with van der Waals surface area (Å²) < 4.78 is 19.2. The first kappa shape index (κ1) is 13.2. The zero-order chi connectivity index (χ0) is 13.8. The largest absolute Gasteiger partial charge is 0.454 e. The van der Waals surface area contributed by atoms with Gasteiger partial charge in [0.05, 0.1) is 6.61 Å². The van der Waals surface area contributed by atoms with Crippen molar-refractivity contribution in [3.8, 4) is 11.5 Å². The monoisotopic (exact) mass is 260 g/mol. The fourth-order valence-corrected chi connectivity index (χ4v) is 1.66. The van der Waals surface area contributed by atoms with Gasteiger partial charge in [-0.3, -0.25) is 4.79 Å². The number of halogens is 1. The quantitative estimate of drug-likeness (QED) is 0.858. The molecule has 0 aliphatic carbocycles. The van der Waals surface area contributed by atoms with Crippen LogP contribution in [0.1, 0.15) is 22.8 Å². The molecule has 0 aliphatic heterocycles. The third-order valence-electron chi connectivity index (χ3n) is 2.70. The molecule has 0 amide bonds. The Morgan fingerprint density at radius 3 is 2.58 bits per heavy atom. The summed E-state index contributed by atoms with van der Waals surface area (Å²) in [4.78, 5) is 11.1. The Kier molecular flexibility index (Phi) is 3.92. The smallest absolute Gasteiger partial charge is 0.166 e. The third kappa shape index (κ3) is 2.98. The van der Waals surface area contributed by atoms with Crippen LogP contribution in [0, 0.1) is 5.82 Å². The summed E-state index contributed by atoms with van der Waals surface area (Å²) in [7, 11) is 0. The number of aliphatic hydroxyl groups is 1. The average Bonchev–Trinajstić information content (AvgIpc) is 2.41. The topological polar surface area (TPSA) is 46.5 Å². The van der Waals surface area contributed by atoms with Crippen LogP contribution < -0.4 is 4.74 Å². The number of benzene rings is 2. The molecule has 98 valence electrons. The third-order valence-corrected chi connectivity index (χ3v) is 2.70. The van der Waals surface area contributed by atoms with Crippen LogP contribution >= 0.6 is 0 Å². The maximum absolute atomic E-state index is 13.8. The highest BCUT2D eigenvalue weighted by Gasteiger charge is 2.10. The molecule has 0 fully saturated rings. The molecule has 1 N–H and O–H groups in total. The lowest BCUT2D eigenvalue weighted by atomic mass is 10.1. The van der Waals surface area contributed by atoms with Gasteiger partial charge in [-0.25, -0.2) is 4.39 Å². The van der Waals surface area contributed by atoms with Crippen LogP contribution in [0.5, 0.6) is 11.5 Å². The minimum absolute atomic E-state index is 0.0194. The Morgan fingerprint density at radius 2 is 1.95 bits per heavy atom. The molecule has 0 heterocycles. The number of ketones is 1. The van der Waals surface area contributed by atoms with Crippen molar-refractivity contribution < 1.29 is 19.0 Å². The van der Waals surface area contributed by atoms with Crippen LogP contribution in [0.15, 0.2) is 42.5 Å². The normalized spacial score (nSPS) is 10.3. The van der Waals surface area contributed by atoms with E-state index in [0.29, 0.717) is 16.9 Å². The van der Waals surface area contributed by atoms with Crippen LogP contribution in [0.25, 0.3) is 0 Å². The molecule has 19 heavy (non-hydrogen) atoms. The van der Waals surface area contributed by atoms with Gasteiger partial charge in [0.2, 0.25) is 0 Å². The van der Waals surface area contributed by atoms with Crippen molar-refractivity contribution in [1.29, 1.82) is 0 Å². The fraction of sp³-hybridized carbons (Fsp3) is 0.133. The van der Waals surface area contributed by atoms with Crippen LogP contribution in [0.3, 0.4) is 0 Å². The number of hydrogen-bond donors (Lipinski definition) is 1. The molecule has 2 rings (SSSR count). The van der Waals surface area contributed by atoms with Gasteiger partial charge >= 0.3 is 0 Å². The molecule has 0 bridgehead atoms. The van der Waals surface area contributed by atoms with E-state index >= 15 is 0 Å². The first-order valence-electron chi connectivity index (χ1n) is 5.79. The van der Waals surface area contributed by atoms with Gasteiger partial charge in [0.25, 0.3) is 0 Å². The summed E-state index contributed by atoms with van der Waals surface area (Å²) in [6.45, 7) is 1.18. The number of ether oxygens (including phenoxy) is 1. The van der Waals surface area contributed by atoms with Crippen molar-refractivity contribution in [3.63, 3.8) is 0 Å².